The van der Waals surface area contributed by atoms with E-state index < -0.39 is 0 Å². The van der Waals surface area contributed by atoms with Crippen molar-refractivity contribution >= 4 is 17.4 Å². The van der Waals surface area contributed by atoms with Gasteiger partial charge in [0.25, 0.3) is 0 Å². The molecule has 0 spiro atoms. The number of ketones is 1. The van der Waals surface area contributed by atoms with Gasteiger partial charge in [0, 0.05) is 36.9 Å². The van der Waals surface area contributed by atoms with Gasteiger partial charge >= 0.3 is 0 Å². The number of carbonyl (C=O) groups is 2. The van der Waals surface area contributed by atoms with Gasteiger partial charge in [-0.15, -0.1) is 5.10 Å². The Hall–Kier alpha value is -3.28. The van der Waals surface area contributed by atoms with E-state index in [1.807, 2.05) is 69.4 Å². The van der Waals surface area contributed by atoms with Crippen molar-refractivity contribution in [1.82, 2.24) is 15.0 Å². The maximum Gasteiger partial charge on any atom is 0.227 e. The Labute approximate surface area is 170 Å². The zero-order valence-corrected chi connectivity index (χ0v) is 16.9. The zero-order valence-electron chi connectivity index (χ0n) is 16.9. The number of carbonyl (C=O) groups excluding carboxylic acids is 2. The maximum absolute atomic E-state index is 13.2. The van der Waals surface area contributed by atoms with Crippen LogP contribution >= 0.6 is 0 Å². The first-order valence-electron chi connectivity index (χ1n) is 9.87. The van der Waals surface area contributed by atoms with Crippen molar-refractivity contribution in [2.45, 2.75) is 33.2 Å². The van der Waals surface area contributed by atoms with Crippen LogP contribution in [0.5, 0.6) is 0 Å². The molecule has 148 valence electrons. The third-order valence-corrected chi connectivity index (χ3v) is 5.41. The highest BCUT2D eigenvalue weighted by Gasteiger charge is 2.28. The molecule has 3 aromatic rings. The number of aryl methyl sites for hydroxylation is 1. The third kappa shape index (κ3) is 3.46. The highest BCUT2D eigenvalue weighted by atomic mass is 16.2. The molecule has 29 heavy (non-hydrogen) atoms. The molecule has 1 aliphatic rings. The van der Waals surface area contributed by atoms with Crippen molar-refractivity contribution < 1.29 is 9.59 Å². The topological polar surface area (TPSA) is 68.1 Å². The summed E-state index contributed by atoms with van der Waals surface area (Å²) in [6, 6.07) is 15.8. The third-order valence-electron chi connectivity index (χ3n) is 5.41. The van der Waals surface area contributed by atoms with Crippen LogP contribution in [-0.2, 0) is 23.2 Å². The lowest BCUT2D eigenvalue weighted by atomic mass is 9.95. The second kappa shape index (κ2) is 7.62. The van der Waals surface area contributed by atoms with Gasteiger partial charge in [0.1, 0.15) is 11.5 Å². The van der Waals surface area contributed by atoms with Crippen molar-refractivity contribution in [3.63, 3.8) is 0 Å². The normalized spacial score (nSPS) is 12.6. The Kier molecular flexibility index (Phi) is 5.01. The highest BCUT2D eigenvalue weighted by Crippen LogP contribution is 2.40. The number of amides is 1. The fourth-order valence-electron chi connectivity index (χ4n) is 3.77. The number of para-hydroxylation sites is 1. The van der Waals surface area contributed by atoms with Gasteiger partial charge in [-0.05, 0) is 11.6 Å². The first-order valence-corrected chi connectivity index (χ1v) is 9.87. The minimum atomic E-state index is -0.0637. The Morgan fingerprint density at radius 2 is 1.69 bits per heavy atom. The van der Waals surface area contributed by atoms with Crippen molar-refractivity contribution in [3.05, 3.63) is 54.1 Å². The lowest BCUT2D eigenvalue weighted by molar-refractivity contribution is -0.125. The molecule has 0 unspecified atom stereocenters. The molecule has 1 aromatic heterocycles. The number of benzene rings is 2. The van der Waals surface area contributed by atoms with Crippen LogP contribution < -0.4 is 4.90 Å². The van der Waals surface area contributed by atoms with Gasteiger partial charge in [-0.1, -0.05) is 61.5 Å². The van der Waals surface area contributed by atoms with E-state index >= 15 is 0 Å². The SMILES string of the molecule is CC(C)C(=O)CCC(=O)N1Cc2ccccc2-c2nnn(C)c2-c2ccccc21. The molecule has 4 rings (SSSR count). The quantitative estimate of drug-likeness (QED) is 0.677. The van der Waals surface area contributed by atoms with E-state index in [0.717, 1.165) is 33.8 Å². The van der Waals surface area contributed by atoms with E-state index in [1.54, 1.807) is 9.58 Å². The number of Topliss-reactive ketones (excluding diaryl/α,β-unsaturated/α-hetero) is 1. The van der Waals surface area contributed by atoms with Crippen molar-refractivity contribution in [2.24, 2.45) is 13.0 Å². The van der Waals surface area contributed by atoms with Gasteiger partial charge in [-0.2, -0.15) is 0 Å². The molecule has 0 saturated carbocycles. The molecule has 0 bridgehead atoms. The van der Waals surface area contributed by atoms with Crippen molar-refractivity contribution in [1.29, 1.82) is 0 Å². The van der Waals surface area contributed by atoms with Gasteiger partial charge in [0.2, 0.25) is 5.91 Å². The maximum atomic E-state index is 13.2. The molecular weight excluding hydrogens is 364 g/mol. The molecule has 0 N–H and O–H groups in total. The summed E-state index contributed by atoms with van der Waals surface area (Å²) in [5.74, 6) is -0.0109. The molecule has 2 heterocycles. The standard InChI is InChI=1S/C23H24N4O2/c1-15(2)20(28)12-13-21(29)27-14-16-8-4-5-9-17(16)22-23(26(3)25-24-22)18-10-6-7-11-19(18)27/h4-11,15H,12-14H2,1-3H3. The monoisotopic (exact) mass is 388 g/mol. The smallest absolute Gasteiger partial charge is 0.227 e. The summed E-state index contributed by atoms with van der Waals surface area (Å²) in [5.41, 5.74) is 5.40. The molecule has 0 aliphatic carbocycles. The van der Waals surface area contributed by atoms with E-state index in [9.17, 15) is 9.59 Å². The summed E-state index contributed by atoms with van der Waals surface area (Å²) in [6.07, 6.45) is 0.458. The number of nitrogens with zero attached hydrogens (tertiary/aromatic N) is 4. The number of aromatic nitrogens is 3. The first-order chi connectivity index (χ1) is 14.0. The lowest BCUT2D eigenvalue weighted by Gasteiger charge is -2.28. The Bertz CT molecular complexity index is 1080. The predicted octanol–water partition coefficient (Wildman–Crippen LogP) is 4.00. The van der Waals surface area contributed by atoms with Gasteiger partial charge < -0.3 is 4.90 Å². The predicted molar refractivity (Wildman–Crippen MR) is 112 cm³/mol. The molecule has 1 amide bonds. The highest BCUT2D eigenvalue weighted by molar-refractivity contribution is 6.01. The average molecular weight is 388 g/mol. The lowest BCUT2D eigenvalue weighted by Crippen LogP contribution is -2.32. The summed E-state index contributed by atoms with van der Waals surface area (Å²) in [6.45, 7) is 4.16. The van der Waals surface area contributed by atoms with E-state index in [2.05, 4.69) is 10.3 Å². The molecule has 6 nitrogen and oxygen atoms in total. The van der Waals surface area contributed by atoms with E-state index in [1.165, 1.54) is 0 Å². The molecular formula is C23H24N4O2. The second-order valence-corrected chi connectivity index (χ2v) is 7.69. The van der Waals surface area contributed by atoms with Crippen LogP contribution in [0.4, 0.5) is 5.69 Å². The van der Waals surface area contributed by atoms with E-state index in [4.69, 9.17) is 0 Å². The molecule has 0 atom stereocenters. The van der Waals surface area contributed by atoms with Gasteiger partial charge in [0.05, 0.1) is 17.9 Å². The Balaban J connectivity index is 1.83. The molecule has 1 aliphatic heterocycles. The van der Waals surface area contributed by atoms with Crippen LogP contribution in [0.25, 0.3) is 22.5 Å². The fourth-order valence-corrected chi connectivity index (χ4v) is 3.77. The summed E-state index contributed by atoms with van der Waals surface area (Å²) >= 11 is 0. The Morgan fingerprint density at radius 3 is 2.45 bits per heavy atom. The van der Waals surface area contributed by atoms with Gasteiger partial charge in [-0.3, -0.25) is 9.59 Å². The number of hydrogen-bond acceptors (Lipinski definition) is 4. The minimum Gasteiger partial charge on any atom is -0.307 e. The van der Waals surface area contributed by atoms with Crippen molar-refractivity contribution in [3.8, 4) is 22.5 Å². The van der Waals surface area contributed by atoms with Gasteiger partial charge in [0.15, 0.2) is 0 Å². The summed E-state index contributed by atoms with van der Waals surface area (Å²) in [7, 11) is 1.86. The number of hydrogen-bond donors (Lipinski definition) is 0. The van der Waals surface area contributed by atoms with Gasteiger partial charge in [-0.25, -0.2) is 4.68 Å². The molecule has 0 saturated heterocycles. The molecule has 0 fully saturated rings. The van der Waals surface area contributed by atoms with E-state index in [0.29, 0.717) is 6.54 Å². The summed E-state index contributed by atoms with van der Waals surface area (Å²) in [5, 5.41) is 8.66. The minimum absolute atomic E-state index is 0.0557. The van der Waals surface area contributed by atoms with Crippen LogP contribution in [0.1, 0.15) is 32.3 Å². The van der Waals surface area contributed by atoms with Crippen LogP contribution in [0, 0.1) is 5.92 Å². The zero-order chi connectivity index (χ0) is 20.5. The number of rotatable bonds is 4. The molecule has 6 heteroatoms. The average Bonchev–Trinajstić information content (AvgIpc) is 3.09. The largest absolute Gasteiger partial charge is 0.307 e. The summed E-state index contributed by atoms with van der Waals surface area (Å²) in [4.78, 5) is 27.1. The molecule has 2 aromatic carbocycles. The number of anilines is 1. The van der Waals surface area contributed by atoms with Crippen LogP contribution in [0.3, 0.4) is 0 Å². The fraction of sp³-hybridized carbons (Fsp3) is 0.304. The molecule has 0 radical (unpaired) electrons. The van der Waals surface area contributed by atoms with Crippen LogP contribution in [0.15, 0.2) is 48.5 Å². The summed E-state index contributed by atoms with van der Waals surface area (Å²) < 4.78 is 1.75. The van der Waals surface area contributed by atoms with E-state index in [-0.39, 0.29) is 30.4 Å². The first kappa shape index (κ1) is 19.1. The second-order valence-electron chi connectivity index (χ2n) is 7.69. The number of fused-ring (bicyclic) bond motifs is 5. The van der Waals surface area contributed by atoms with Crippen molar-refractivity contribution in [2.75, 3.05) is 4.90 Å². The van der Waals surface area contributed by atoms with Crippen LogP contribution in [0.2, 0.25) is 0 Å². The Morgan fingerprint density at radius 1 is 1.00 bits per heavy atom. The van der Waals surface area contributed by atoms with Crippen LogP contribution in [-0.4, -0.2) is 26.7 Å².